The third-order valence-corrected chi connectivity index (χ3v) is 3.80. The van der Waals surface area contributed by atoms with Crippen molar-refractivity contribution in [1.29, 1.82) is 0 Å². The van der Waals surface area contributed by atoms with Crippen LogP contribution in [0.4, 0.5) is 4.79 Å². The Balaban J connectivity index is 1.93. The van der Waals surface area contributed by atoms with Gasteiger partial charge in [-0.15, -0.1) is 11.3 Å². The van der Waals surface area contributed by atoms with Gasteiger partial charge in [0.05, 0.1) is 6.04 Å². The van der Waals surface area contributed by atoms with Crippen LogP contribution in [-0.2, 0) is 0 Å². The predicted octanol–water partition coefficient (Wildman–Crippen LogP) is 2.61. The smallest absolute Gasteiger partial charge is 0.317 e. The van der Waals surface area contributed by atoms with Gasteiger partial charge in [-0.3, -0.25) is 0 Å². The van der Waals surface area contributed by atoms with Crippen molar-refractivity contribution in [3.63, 3.8) is 0 Å². The Hall–Kier alpha value is -1.03. The lowest BCUT2D eigenvalue weighted by molar-refractivity contribution is 0.194. The summed E-state index contributed by atoms with van der Waals surface area (Å²) in [4.78, 5) is 14.7. The molecule has 1 atom stereocenters. The van der Waals surface area contributed by atoms with Gasteiger partial charge in [-0.2, -0.15) is 0 Å². The van der Waals surface area contributed by atoms with Gasteiger partial charge in [-0.1, -0.05) is 6.07 Å². The zero-order valence-corrected chi connectivity index (χ0v) is 9.88. The van der Waals surface area contributed by atoms with E-state index in [4.69, 9.17) is 0 Å². The van der Waals surface area contributed by atoms with Gasteiger partial charge in [0.25, 0.3) is 0 Å². The van der Waals surface area contributed by atoms with Crippen molar-refractivity contribution in [2.75, 3.05) is 7.05 Å². The summed E-state index contributed by atoms with van der Waals surface area (Å²) in [6.07, 6.45) is 2.26. The summed E-state index contributed by atoms with van der Waals surface area (Å²) >= 11 is 1.69. The standard InChI is InChI=1S/C11H16N2OS/c1-8(10-4-3-7-15-10)13(2)11(14)12-9-5-6-9/h3-4,7-9H,5-6H2,1-2H3,(H,12,14). The van der Waals surface area contributed by atoms with Crippen molar-refractivity contribution in [3.05, 3.63) is 22.4 Å². The van der Waals surface area contributed by atoms with Crippen LogP contribution >= 0.6 is 11.3 Å². The molecule has 15 heavy (non-hydrogen) atoms. The lowest BCUT2D eigenvalue weighted by Crippen LogP contribution is -2.39. The van der Waals surface area contributed by atoms with Crippen LogP contribution < -0.4 is 5.32 Å². The van der Waals surface area contributed by atoms with Crippen molar-refractivity contribution in [1.82, 2.24) is 10.2 Å². The molecule has 0 aliphatic heterocycles. The van der Waals surface area contributed by atoms with Gasteiger partial charge in [-0.25, -0.2) is 4.79 Å². The minimum absolute atomic E-state index is 0.0402. The fourth-order valence-corrected chi connectivity index (χ4v) is 2.23. The average Bonchev–Trinajstić information content (AvgIpc) is 2.86. The second-order valence-corrected chi connectivity index (χ2v) is 5.01. The number of rotatable bonds is 3. The molecule has 1 N–H and O–H groups in total. The Labute approximate surface area is 94.1 Å². The molecule has 0 aromatic carbocycles. The van der Waals surface area contributed by atoms with Gasteiger partial charge in [0.15, 0.2) is 0 Å². The first-order valence-corrected chi connectivity index (χ1v) is 6.13. The van der Waals surface area contributed by atoms with E-state index in [0.29, 0.717) is 6.04 Å². The zero-order valence-electron chi connectivity index (χ0n) is 9.06. The number of carbonyl (C=O) groups excluding carboxylic acids is 1. The Morgan fingerprint density at radius 1 is 1.67 bits per heavy atom. The first-order valence-electron chi connectivity index (χ1n) is 5.25. The number of nitrogens with one attached hydrogen (secondary N) is 1. The summed E-state index contributed by atoms with van der Waals surface area (Å²) in [5.74, 6) is 0. The maximum atomic E-state index is 11.7. The van der Waals surface area contributed by atoms with Gasteiger partial charge in [0, 0.05) is 18.0 Å². The first-order chi connectivity index (χ1) is 7.18. The number of hydrogen-bond acceptors (Lipinski definition) is 2. The fourth-order valence-electron chi connectivity index (χ4n) is 1.40. The number of carbonyl (C=O) groups is 1. The van der Waals surface area contributed by atoms with Crippen molar-refractivity contribution in [3.8, 4) is 0 Å². The molecular formula is C11H16N2OS. The largest absolute Gasteiger partial charge is 0.335 e. The molecule has 2 amide bonds. The molecule has 1 unspecified atom stereocenters. The third kappa shape index (κ3) is 2.50. The normalized spacial score (nSPS) is 17.2. The second kappa shape index (κ2) is 4.23. The Bertz CT molecular complexity index is 332. The average molecular weight is 224 g/mol. The van der Waals surface area contributed by atoms with Crippen molar-refractivity contribution in [2.45, 2.75) is 31.8 Å². The number of hydrogen-bond donors (Lipinski definition) is 1. The summed E-state index contributed by atoms with van der Waals surface area (Å²) in [5.41, 5.74) is 0. The fraction of sp³-hybridized carbons (Fsp3) is 0.545. The predicted molar refractivity (Wildman–Crippen MR) is 62.1 cm³/mol. The first kappa shape index (κ1) is 10.5. The monoisotopic (exact) mass is 224 g/mol. The van der Waals surface area contributed by atoms with Crippen LogP contribution in [0.5, 0.6) is 0 Å². The Kier molecular flexibility index (Phi) is 2.95. The summed E-state index contributed by atoms with van der Waals surface area (Å²) in [6, 6.07) is 4.71. The lowest BCUT2D eigenvalue weighted by Gasteiger charge is -2.24. The highest BCUT2D eigenvalue weighted by molar-refractivity contribution is 7.10. The van der Waals surface area contributed by atoms with E-state index >= 15 is 0 Å². The molecule has 1 aromatic heterocycles. The Morgan fingerprint density at radius 3 is 2.93 bits per heavy atom. The summed E-state index contributed by atoms with van der Waals surface area (Å²) < 4.78 is 0. The van der Waals surface area contributed by atoms with Crippen molar-refractivity contribution < 1.29 is 4.79 Å². The number of thiophene rings is 1. The third-order valence-electron chi connectivity index (χ3n) is 2.76. The van der Waals surface area contributed by atoms with Crippen molar-refractivity contribution in [2.24, 2.45) is 0 Å². The molecule has 0 saturated heterocycles. The topological polar surface area (TPSA) is 32.3 Å². The second-order valence-electron chi connectivity index (χ2n) is 4.03. The van der Waals surface area contributed by atoms with E-state index in [2.05, 4.69) is 18.3 Å². The maximum absolute atomic E-state index is 11.7. The van der Waals surface area contributed by atoms with E-state index in [1.807, 2.05) is 18.5 Å². The van der Waals surface area contributed by atoms with Crippen LogP contribution in [0.25, 0.3) is 0 Å². The molecule has 1 aromatic rings. The van der Waals surface area contributed by atoms with Gasteiger partial charge in [0.1, 0.15) is 0 Å². The van der Waals surface area contributed by atoms with Crippen LogP contribution in [0.3, 0.4) is 0 Å². The molecular weight excluding hydrogens is 208 g/mol. The molecule has 3 nitrogen and oxygen atoms in total. The van der Waals surface area contributed by atoms with Crippen molar-refractivity contribution >= 4 is 17.4 Å². The van der Waals surface area contributed by atoms with Gasteiger partial charge >= 0.3 is 6.03 Å². The van der Waals surface area contributed by atoms with E-state index in [-0.39, 0.29) is 12.1 Å². The lowest BCUT2D eigenvalue weighted by atomic mass is 10.2. The van der Waals surface area contributed by atoms with Gasteiger partial charge < -0.3 is 10.2 Å². The molecule has 1 aliphatic rings. The maximum Gasteiger partial charge on any atom is 0.317 e. The highest BCUT2D eigenvalue weighted by Crippen LogP contribution is 2.24. The van der Waals surface area contributed by atoms with E-state index in [9.17, 15) is 4.79 Å². The van der Waals surface area contributed by atoms with E-state index in [1.54, 1.807) is 16.2 Å². The van der Waals surface area contributed by atoms with Crippen LogP contribution in [0.1, 0.15) is 30.7 Å². The van der Waals surface area contributed by atoms with E-state index < -0.39 is 0 Å². The molecule has 1 saturated carbocycles. The molecule has 1 aliphatic carbocycles. The minimum Gasteiger partial charge on any atom is -0.335 e. The number of urea groups is 1. The molecule has 0 spiro atoms. The summed E-state index contributed by atoms with van der Waals surface area (Å²) in [5, 5.41) is 5.03. The summed E-state index contributed by atoms with van der Waals surface area (Å²) in [6.45, 7) is 2.05. The molecule has 0 radical (unpaired) electrons. The molecule has 0 bridgehead atoms. The number of nitrogens with zero attached hydrogens (tertiary/aromatic N) is 1. The minimum atomic E-state index is 0.0402. The van der Waals surface area contributed by atoms with E-state index in [0.717, 1.165) is 12.8 Å². The quantitative estimate of drug-likeness (QED) is 0.841. The Morgan fingerprint density at radius 2 is 2.40 bits per heavy atom. The van der Waals surface area contributed by atoms with Crippen LogP contribution in [0.15, 0.2) is 17.5 Å². The summed E-state index contributed by atoms with van der Waals surface area (Å²) in [7, 11) is 1.85. The van der Waals surface area contributed by atoms with Crippen LogP contribution in [-0.4, -0.2) is 24.0 Å². The molecule has 1 heterocycles. The SMILES string of the molecule is CC(c1cccs1)N(C)C(=O)NC1CC1. The molecule has 82 valence electrons. The zero-order chi connectivity index (χ0) is 10.8. The highest BCUT2D eigenvalue weighted by atomic mass is 32.1. The van der Waals surface area contributed by atoms with Gasteiger partial charge in [-0.05, 0) is 31.2 Å². The number of amides is 2. The van der Waals surface area contributed by atoms with Gasteiger partial charge in [0.2, 0.25) is 0 Å². The van der Waals surface area contributed by atoms with Crippen LogP contribution in [0.2, 0.25) is 0 Å². The van der Waals surface area contributed by atoms with E-state index in [1.165, 1.54) is 4.88 Å². The molecule has 1 fully saturated rings. The van der Waals surface area contributed by atoms with Crippen LogP contribution in [0, 0.1) is 0 Å². The molecule has 2 rings (SSSR count). The highest BCUT2D eigenvalue weighted by Gasteiger charge is 2.26. The molecule has 4 heteroatoms.